The fourth-order valence-corrected chi connectivity index (χ4v) is 3.17. The number of nitrogens with one attached hydrogen (secondary N) is 1. The van der Waals surface area contributed by atoms with Crippen LogP contribution < -0.4 is 5.32 Å². The molecule has 1 amide bonds. The first-order valence-electron chi connectivity index (χ1n) is 6.97. The molecular formula is C15H18ClN3OS. The molecule has 0 radical (unpaired) electrons. The van der Waals surface area contributed by atoms with Crippen molar-refractivity contribution >= 4 is 34.0 Å². The number of carbonyl (C=O) groups excluding carboxylic acids is 1. The SMILES string of the molecule is CCCc1cc(C(=O)Nc2nc(CC)c(C)s2)cc(Cl)n1. The average molecular weight is 324 g/mol. The Bertz CT molecular complexity index is 654. The maximum Gasteiger partial charge on any atom is 0.257 e. The Morgan fingerprint density at radius 3 is 2.71 bits per heavy atom. The molecule has 21 heavy (non-hydrogen) atoms. The van der Waals surface area contributed by atoms with Gasteiger partial charge in [0.25, 0.3) is 5.91 Å². The molecular weight excluding hydrogens is 306 g/mol. The van der Waals surface area contributed by atoms with Gasteiger partial charge in [-0.3, -0.25) is 10.1 Å². The van der Waals surface area contributed by atoms with E-state index in [2.05, 4.69) is 22.2 Å². The smallest absolute Gasteiger partial charge is 0.257 e. The van der Waals surface area contributed by atoms with E-state index in [1.54, 1.807) is 12.1 Å². The average Bonchev–Trinajstić information content (AvgIpc) is 2.78. The Morgan fingerprint density at radius 2 is 2.10 bits per heavy atom. The number of aryl methyl sites for hydroxylation is 3. The summed E-state index contributed by atoms with van der Waals surface area (Å²) in [6, 6.07) is 3.36. The number of thiazole rings is 1. The number of carbonyl (C=O) groups is 1. The highest BCUT2D eigenvalue weighted by atomic mass is 35.5. The van der Waals surface area contributed by atoms with E-state index in [9.17, 15) is 4.79 Å². The number of nitrogens with zero attached hydrogens (tertiary/aromatic N) is 2. The first-order valence-corrected chi connectivity index (χ1v) is 8.17. The largest absolute Gasteiger partial charge is 0.298 e. The van der Waals surface area contributed by atoms with Crippen molar-refractivity contribution in [2.45, 2.75) is 40.0 Å². The molecule has 2 aromatic heterocycles. The maximum atomic E-state index is 12.3. The van der Waals surface area contributed by atoms with Crippen LogP contribution in [-0.2, 0) is 12.8 Å². The monoisotopic (exact) mass is 323 g/mol. The number of rotatable bonds is 5. The van der Waals surface area contributed by atoms with Gasteiger partial charge in [-0.05, 0) is 31.9 Å². The molecule has 6 heteroatoms. The molecule has 0 aliphatic heterocycles. The van der Waals surface area contributed by atoms with Crippen LogP contribution in [0.3, 0.4) is 0 Å². The van der Waals surface area contributed by atoms with Crippen LogP contribution in [0.15, 0.2) is 12.1 Å². The maximum absolute atomic E-state index is 12.3. The first-order chi connectivity index (χ1) is 10.0. The molecule has 0 saturated heterocycles. The van der Waals surface area contributed by atoms with Gasteiger partial charge in [0.15, 0.2) is 5.13 Å². The van der Waals surface area contributed by atoms with Crippen molar-refractivity contribution in [2.24, 2.45) is 0 Å². The number of halogens is 1. The van der Waals surface area contributed by atoms with Crippen LogP contribution >= 0.6 is 22.9 Å². The van der Waals surface area contributed by atoms with E-state index in [-0.39, 0.29) is 5.91 Å². The zero-order valence-electron chi connectivity index (χ0n) is 12.4. The van der Waals surface area contributed by atoms with Gasteiger partial charge in [0.05, 0.1) is 5.69 Å². The summed E-state index contributed by atoms with van der Waals surface area (Å²) < 4.78 is 0. The lowest BCUT2D eigenvalue weighted by molar-refractivity contribution is 0.102. The Balaban J connectivity index is 2.19. The van der Waals surface area contributed by atoms with E-state index in [1.807, 2.05) is 13.8 Å². The van der Waals surface area contributed by atoms with E-state index in [4.69, 9.17) is 11.6 Å². The second-order valence-corrected chi connectivity index (χ2v) is 6.34. The van der Waals surface area contributed by atoms with Gasteiger partial charge in [0.2, 0.25) is 0 Å². The van der Waals surface area contributed by atoms with Crippen molar-refractivity contribution in [3.05, 3.63) is 39.1 Å². The van der Waals surface area contributed by atoms with E-state index < -0.39 is 0 Å². The van der Waals surface area contributed by atoms with Crippen molar-refractivity contribution < 1.29 is 4.79 Å². The lowest BCUT2D eigenvalue weighted by atomic mass is 10.1. The van der Waals surface area contributed by atoms with Crippen LogP contribution in [0.25, 0.3) is 0 Å². The Hall–Kier alpha value is -1.46. The molecule has 0 aliphatic carbocycles. The molecule has 0 aliphatic rings. The third-order valence-corrected chi connectivity index (χ3v) is 4.19. The molecule has 2 heterocycles. The van der Waals surface area contributed by atoms with Crippen LogP contribution in [0.4, 0.5) is 5.13 Å². The standard InChI is InChI=1S/C15H18ClN3OS/c1-4-6-11-7-10(8-13(16)17-11)14(20)19-15-18-12(5-2)9(3)21-15/h7-8H,4-6H2,1-3H3,(H,18,19,20). The van der Waals surface area contributed by atoms with Gasteiger partial charge in [-0.15, -0.1) is 11.3 Å². The quantitative estimate of drug-likeness (QED) is 0.836. The van der Waals surface area contributed by atoms with Gasteiger partial charge in [-0.1, -0.05) is 31.9 Å². The highest BCUT2D eigenvalue weighted by molar-refractivity contribution is 7.15. The molecule has 1 N–H and O–H groups in total. The summed E-state index contributed by atoms with van der Waals surface area (Å²) in [6.45, 7) is 6.12. The number of amides is 1. The second-order valence-electron chi connectivity index (χ2n) is 4.75. The minimum atomic E-state index is -0.201. The fraction of sp³-hybridized carbons (Fsp3) is 0.400. The van der Waals surface area contributed by atoms with Gasteiger partial charge in [0, 0.05) is 16.1 Å². The van der Waals surface area contributed by atoms with E-state index in [0.29, 0.717) is 15.8 Å². The van der Waals surface area contributed by atoms with Crippen LogP contribution in [0.2, 0.25) is 5.15 Å². The van der Waals surface area contributed by atoms with Gasteiger partial charge < -0.3 is 0 Å². The predicted molar refractivity (Wildman–Crippen MR) is 87.4 cm³/mol. The van der Waals surface area contributed by atoms with Crippen molar-refractivity contribution in [3.8, 4) is 0 Å². The van der Waals surface area contributed by atoms with Crippen molar-refractivity contribution in [1.29, 1.82) is 0 Å². The first kappa shape index (κ1) is 15.9. The molecule has 0 fully saturated rings. The number of pyridine rings is 1. The number of hydrogen-bond acceptors (Lipinski definition) is 4. The van der Waals surface area contributed by atoms with Gasteiger partial charge in [-0.25, -0.2) is 9.97 Å². The minimum absolute atomic E-state index is 0.201. The molecule has 112 valence electrons. The molecule has 0 saturated carbocycles. The lowest BCUT2D eigenvalue weighted by Gasteiger charge is -2.05. The van der Waals surface area contributed by atoms with E-state index in [0.717, 1.165) is 35.5 Å². The second kappa shape index (κ2) is 7.00. The number of anilines is 1. The number of aromatic nitrogens is 2. The Kier molecular flexibility index (Phi) is 5.31. The highest BCUT2D eigenvalue weighted by Crippen LogP contribution is 2.23. The van der Waals surface area contributed by atoms with Crippen molar-refractivity contribution in [1.82, 2.24) is 9.97 Å². The normalized spacial score (nSPS) is 10.7. The zero-order valence-corrected chi connectivity index (χ0v) is 13.9. The summed E-state index contributed by atoms with van der Waals surface area (Å²) in [6.07, 6.45) is 2.62. The predicted octanol–water partition coefficient (Wildman–Crippen LogP) is 4.27. The minimum Gasteiger partial charge on any atom is -0.298 e. The van der Waals surface area contributed by atoms with Crippen molar-refractivity contribution in [3.63, 3.8) is 0 Å². The topological polar surface area (TPSA) is 54.9 Å². The van der Waals surface area contributed by atoms with E-state index in [1.165, 1.54) is 11.3 Å². The van der Waals surface area contributed by atoms with Gasteiger partial charge in [0.1, 0.15) is 5.15 Å². The molecule has 0 aromatic carbocycles. The molecule has 0 atom stereocenters. The fourth-order valence-electron chi connectivity index (χ4n) is 2.05. The van der Waals surface area contributed by atoms with Crippen molar-refractivity contribution in [2.75, 3.05) is 5.32 Å². The molecule has 2 aromatic rings. The summed E-state index contributed by atoms with van der Waals surface area (Å²) in [5, 5.41) is 3.80. The van der Waals surface area contributed by atoms with Gasteiger partial charge in [-0.2, -0.15) is 0 Å². The molecule has 2 rings (SSSR count). The molecule has 4 nitrogen and oxygen atoms in total. The number of hydrogen-bond donors (Lipinski definition) is 1. The molecule has 0 bridgehead atoms. The summed E-state index contributed by atoms with van der Waals surface area (Å²) in [4.78, 5) is 22.1. The Labute approximate surface area is 133 Å². The molecule has 0 unspecified atom stereocenters. The summed E-state index contributed by atoms with van der Waals surface area (Å²) in [7, 11) is 0. The summed E-state index contributed by atoms with van der Waals surface area (Å²) in [5.41, 5.74) is 2.37. The van der Waals surface area contributed by atoms with E-state index >= 15 is 0 Å². The van der Waals surface area contributed by atoms with Crippen LogP contribution in [-0.4, -0.2) is 15.9 Å². The van der Waals surface area contributed by atoms with Crippen LogP contribution in [0.5, 0.6) is 0 Å². The third-order valence-electron chi connectivity index (χ3n) is 3.06. The van der Waals surface area contributed by atoms with Crippen LogP contribution in [0.1, 0.15) is 46.9 Å². The summed E-state index contributed by atoms with van der Waals surface area (Å²) in [5.74, 6) is -0.201. The summed E-state index contributed by atoms with van der Waals surface area (Å²) >= 11 is 7.47. The van der Waals surface area contributed by atoms with Gasteiger partial charge >= 0.3 is 0 Å². The Morgan fingerprint density at radius 1 is 1.33 bits per heavy atom. The van der Waals surface area contributed by atoms with Crippen LogP contribution in [0, 0.1) is 6.92 Å². The zero-order chi connectivity index (χ0) is 15.4. The third kappa shape index (κ3) is 4.02. The molecule has 0 spiro atoms. The lowest BCUT2D eigenvalue weighted by Crippen LogP contribution is -2.12. The highest BCUT2D eigenvalue weighted by Gasteiger charge is 2.13.